The smallest absolute Gasteiger partial charge is 0.251 e. The molecule has 204 valence electrons. The van der Waals surface area contributed by atoms with Crippen LogP contribution in [0, 0.1) is 5.82 Å². The van der Waals surface area contributed by atoms with Gasteiger partial charge in [-0.3, -0.25) is 9.69 Å². The first-order valence-electron chi connectivity index (χ1n) is 13.3. The molecule has 0 saturated carbocycles. The molecule has 4 atom stereocenters. The number of phenols is 1. The monoisotopic (exact) mass is 571 g/mol. The minimum Gasteiger partial charge on any atom is -0.507 e. The predicted molar refractivity (Wildman–Crippen MR) is 150 cm³/mol. The van der Waals surface area contributed by atoms with E-state index in [0.717, 1.165) is 19.4 Å². The Hall–Kier alpha value is -2.85. The van der Waals surface area contributed by atoms with Crippen LogP contribution in [-0.2, 0) is 4.79 Å². The van der Waals surface area contributed by atoms with E-state index >= 15 is 4.39 Å². The Bertz CT molecular complexity index is 1520. The summed E-state index contributed by atoms with van der Waals surface area (Å²) in [5.41, 5.74) is 1.40. The van der Waals surface area contributed by atoms with Crippen molar-refractivity contribution in [1.29, 1.82) is 0 Å². The molecule has 2 aromatic carbocycles. The number of nitrogens with one attached hydrogen (secondary N) is 1. The molecule has 7 rings (SSSR count). The van der Waals surface area contributed by atoms with Gasteiger partial charge in [-0.15, -0.1) is 0 Å². The van der Waals surface area contributed by atoms with Gasteiger partial charge in [0.2, 0.25) is 5.88 Å². The standard InChI is InChI=1S/C28H28Cl2FN5O3/c1-13-11-35-18(10-32-13)28(38)36-12-20(17-6-4-8-34(17)2)39-27-26(36)25(35)14-9-16(30)22(23(31)24(14)33-27)21-15(29)5-3-7-19(21)37/h3,5,7,9,13,17-18,20,32,37H,4,6,8,10-12H2,1-2H3/t13-,17+,18-,20-/m1/s1. The summed E-state index contributed by atoms with van der Waals surface area (Å²) in [6.07, 6.45) is 1.71. The molecule has 5 heterocycles. The fourth-order valence-electron chi connectivity index (χ4n) is 6.70. The van der Waals surface area contributed by atoms with Crippen molar-refractivity contribution in [3.8, 4) is 22.8 Å². The number of nitrogens with zero attached hydrogens (tertiary/aromatic N) is 4. The van der Waals surface area contributed by atoms with Crippen molar-refractivity contribution in [2.75, 3.05) is 43.0 Å². The maximum atomic E-state index is 16.5. The molecular formula is C28H28Cl2FN5O3. The van der Waals surface area contributed by atoms with Crippen molar-refractivity contribution in [3.05, 3.63) is 40.1 Å². The van der Waals surface area contributed by atoms with E-state index in [2.05, 4.69) is 24.2 Å². The summed E-state index contributed by atoms with van der Waals surface area (Å²) >= 11 is 13.1. The number of carbonyl (C=O) groups excluding carboxylic acids is 1. The van der Waals surface area contributed by atoms with Crippen LogP contribution in [0.5, 0.6) is 11.6 Å². The summed E-state index contributed by atoms with van der Waals surface area (Å²) in [5, 5.41) is 14.7. The molecule has 1 aromatic heterocycles. The van der Waals surface area contributed by atoms with Gasteiger partial charge in [0.1, 0.15) is 29.1 Å². The van der Waals surface area contributed by atoms with E-state index in [4.69, 9.17) is 32.9 Å². The molecule has 4 aliphatic heterocycles. The Balaban J connectivity index is 1.50. The number of carbonyl (C=O) groups is 1. The zero-order chi connectivity index (χ0) is 27.2. The van der Waals surface area contributed by atoms with Crippen molar-refractivity contribution >= 4 is 51.4 Å². The van der Waals surface area contributed by atoms with Gasteiger partial charge < -0.3 is 25.0 Å². The second-order valence-electron chi connectivity index (χ2n) is 11.0. The number of likely N-dealkylation sites (tertiary alicyclic amines) is 1. The van der Waals surface area contributed by atoms with Gasteiger partial charge in [-0.05, 0) is 51.6 Å². The third kappa shape index (κ3) is 3.70. The molecule has 0 unspecified atom stereocenters. The van der Waals surface area contributed by atoms with Gasteiger partial charge in [0.05, 0.1) is 22.3 Å². The highest BCUT2D eigenvalue weighted by molar-refractivity contribution is 6.37. The average molecular weight is 572 g/mol. The molecular weight excluding hydrogens is 544 g/mol. The van der Waals surface area contributed by atoms with Gasteiger partial charge in [0.25, 0.3) is 5.91 Å². The maximum absolute atomic E-state index is 16.5. The highest BCUT2D eigenvalue weighted by Crippen LogP contribution is 2.52. The third-order valence-electron chi connectivity index (χ3n) is 8.58. The minimum absolute atomic E-state index is 0.0116. The lowest BCUT2D eigenvalue weighted by Crippen LogP contribution is -2.66. The van der Waals surface area contributed by atoms with Gasteiger partial charge >= 0.3 is 0 Å². The summed E-state index contributed by atoms with van der Waals surface area (Å²) in [7, 11) is 2.06. The lowest BCUT2D eigenvalue weighted by Gasteiger charge is -2.50. The number of rotatable bonds is 2. The molecule has 2 saturated heterocycles. The summed E-state index contributed by atoms with van der Waals surface area (Å²) in [5.74, 6) is -0.660. The third-order valence-corrected chi connectivity index (χ3v) is 9.19. The highest BCUT2D eigenvalue weighted by Gasteiger charge is 2.49. The van der Waals surface area contributed by atoms with Crippen LogP contribution in [-0.4, -0.2) is 78.4 Å². The summed E-state index contributed by atoms with van der Waals surface area (Å²) in [6, 6.07) is 6.05. The van der Waals surface area contributed by atoms with E-state index in [1.54, 1.807) is 23.1 Å². The molecule has 0 spiro atoms. The second kappa shape index (κ2) is 9.09. The molecule has 2 fully saturated rings. The number of likely N-dealkylation sites (N-methyl/N-ethyl adjacent to an activating group) is 1. The van der Waals surface area contributed by atoms with E-state index < -0.39 is 11.9 Å². The maximum Gasteiger partial charge on any atom is 0.251 e. The number of hydrogen-bond acceptors (Lipinski definition) is 7. The Morgan fingerprint density at radius 2 is 2.00 bits per heavy atom. The second-order valence-corrected chi connectivity index (χ2v) is 11.8. The van der Waals surface area contributed by atoms with E-state index in [9.17, 15) is 9.90 Å². The molecule has 8 nitrogen and oxygen atoms in total. The van der Waals surface area contributed by atoms with Crippen LogP contribution in [0.25, 0.3) is 22.0 Å². The Kier molecular flexibility index (Phi) is 5.86. The van der Waals surface area contributed by atoms with Crippen molar-refractivity contribution in [2.24, 2.45) is 0 Å². The Morgan fingerprint density at radius 1 is 1.18 bits per heavy atom. The van der Waals surface area contributed by atoms with Crippen molar-refractivity contribution < 1.29 is 19.0 Å². The van der Waals surface area contributed by atoms with E-state index in [1.807, 2.05) is 4.90 Å². The number of aromatic hydroxyl groups is 1. The number of anilines is 2. The summed E-state index contributed by atoms with van der Waals surface area (Å²) in [6.45, 7) is 4.44. The molecule has 1 amide bonds. The van der Waals surface area contributed by atoms with Crippen LogP contribution in [0.4, 0.5) is 15.8 Å². The Morgan fingerprint density at radius 3 is 2.74 bits per heavy atom. The van der Waals surface area contributed by atoms with Gasteiger partial charge in [0, 0.05) is 41.7 Å². The summed E-state index contributed by atoms with van der Waals surface area (Å²) < 4.78 is 23.0. The molecule has 0 aliphatic carbocycles. The number of pyridine rings is 1. The molecule has 3 aromatic rings. The zero-order valence-electron chi connectivity index (χ0n) is 21.5. The topological polar surface area (TPSA) is 81.2 Å². The number of aromatic nitrogens is 1. The molecule has 0 radical (unpaired) electrons. The fourth-order valence-corrected chi connectivity index (χ4v) is 7.25. The van der Waals surface area contributed by atoms with Crippen molar-refractivity contribution in [1.82, 2.24) is 15.2 Å². The van der Waals surface area contributed by atoms with Crippen LogP contribution in [0.3, 0.4) is 0 Å². The highest BCUT2D eigenvalue weighted by atomic mass is 35.5. The number of piperazine rings is 1. The average Bonchev–Trinajstić information content (AvgIpc) is 3.33. The van der Waals surface area contributed by atoms with Crippen molar-refractivity contribution in [3.63, 3.8) is 0 Å². The normalized spacial score (nSPS) is 26.5. The van der Waals surface area contributed by atoms with Gasteiger partial charge in [-0.25, -0.2) is 9.37 Å². The van der Waals surface area contributed by atoms with Crippen LogP contribution in [0.2, 0.25) is 10.0 Å². The van der Waals surface area contributed by atoms with Gasteiger partial charge in [-0.1, -0.05) is 29.3 Å². The molecule has 4 aliphatic rings. The first-order chi connectivity index (χ1) is 18.7. The fraction of sp³-hybridized carbons (Fsp3) is 0.429. The molecule has 2 N–H and O–H groups in total. The van der Waals surface area contributed by atoms with Crippen LogP contribution in [0.1, 0.15) is 19.8 Å². The molecule has 0 bridgehead atoms. The van der Waals surface area contributed by atoms with E-state index in [1.165, 1.54) is 6.07 Å². The number of hydrogen-bond donors (Lipinski definition) is 2. The number of fused-ring (bicyclic) bond motifs is 4. The first-order valence-corrected chi connectivity index (χ1v) is 14.0. The number of amides is 1. The number of phenolic OH excluding ortho intramolecular Hbond substituents is 1. The zero-order valence-corrected chi connectivity index (χ0v) is 23.1. The number of ether oxygens (including phenoxy) is 1. The summed E-state index contributed by atoms with van der Waals surface area (Å²) in [4.78, 5) is 24.7. The quantitative estimate of drug-likeness (QED) is 0.471. The number of benzene rings is 2. The minimum atomic E-state index is -0.702. The predicted octanol–water partition coefficient (Wildman–Crippen LogP) is 4.42. The largest absolute Gasteiger partial charge is 0.507 e. The van der Waals surface area contributed by atoms with E-state index in [-0.39, 0.29) is 62.4 Å². The Labute approximate surface area is 235 Å². The molecule has 39 heavy (non-hydrogen) atoms. The van der Waals surface area contributed by atoms with Crippen molar-refractivity contribution in [2.45, 2.75) is 44.0 Å². The number of halogens is 3. The molecule has 11 heteroatoms. The lowest BCUT2D eigenvalue weighted by atomic mass is 9.95. The van der Waals surface area contributed by atoms with Gasteiger partial charge in [-0.2, -0.15) is 0 Å². The van der Waals surface area contributed by atoms with Gasteiger partial charge in [0.15, 0.2) is 5.82 Å². The SMILES string of the molecule is C[C@@H]1CN2c3c4c(nc5c(F)c(-c6c(O)cccc6Cl)c(Cl)cc35)O[C@@H]([C@@H]3CCCN3C)CN4C(=O)[C@H]2CN1. The van der Waals surface area contributed by atoms with E-state index in [0.29, 0.717) is 36.4 Å². The van der Waals surface area contributed by atoms with Crippen LogP contribution < -0.4 is 19.9 Å². The first kappa shape index (κ1) is 25.1. The lowest BCUT2D eigenvalue weighted by molar-refractivity contribution is -0.121. The van der Waals surface area contributed by atoms with Crippen LogP contribution >= 0.6 is 23.2 Å². The van der Waals surface area contributed by atoms with Crippen LogP contribution in [0.15, 0.2) is 24.3 Å².